The summed E-state index contributed by atoms with van der Waals surface area (Å²) in [5.41, 5.74) is -1.33. The van der Waals surface area contributed by atoms with Gasteiger partial charge in [-0.05, 0) is 41.8 Å². The lowest BCUT2D eigenvalue weighted by atomic mass is 9.80. The van der Waals surface area contributed by atoms with Crippen LogP contribution in [0.5, 0.6) is 5.75 Å². The Morgan fingerprint density at radius 2 is 1.81 bits per heavy atom. The van der Waals surface area contributed by atoms with Crippen LogP contribution in [0, 0.1) is 5.82 Å². The predicted octanol–water partition coefficient (Wildman–Crippen LogP) is 5.21. The fourth-order valence-corrected chi connectivity index (χ4v) is 4.17. The average molecular weight is 616 g/mol. The molecule has 14 heteroatoms. The first-order chi connectivity index (χ1) is 19.8. The first-order valence-electron chi connectivity index (χ1n) is 12.5. The van der Waals surface area contributed by atoms with Crippen LogP contribution in [0.25, 0.3) is 0 Å². The SMILES string of the molecule is COC(=O)CCC(O)CNC(=O)N[C@@](Cc1ccccc1)(c1cc(F)cc(OC(F)(F)C(F)F)c1)c1ccc(Cl)cn1. The van der Waals surface area contributed by atoms with E-state index in [1.807, 2.05) is 0 Å². The number of aliphatic hydroxyl groups excluding tert-OH is 1. The average Bonchev–Trinajstić information content (AvgIpc) is 2.94. The number of alkyl halides is 4. The van der Waals surface area contributed by atoms with Crippen molar-refractivity contribution >= 4 is 23.6 Å². The van der Waals surface area contributed by atoms with E-state index in [1.54, 1.807) is 30.3 Å². The van der Waals surface area contributed by atoms with E-state index in [0.29, 0.717) is 11.6 Å². The molecule has 0 aliphatic heterocycles. The van der Waals surface area contributed by atoms with Crippen LogP contribution in [0.2, 0.25) is 5.02 Å². The fraction of sp³-hybridized carbons (Fsp3) is 0.321. The Labute approximate surface area is 242 Å². The summed E-state index contributed by atoms with van der Waals surface area (Å²) in [6.07, 6.45) is -9.30. The second-order valence-corrected chi connectivity index (χ2v) is 9.61. The summed E-state index contributed by atoms with van der Waals surface area (Å²) in [7, 11) is 1.19. The van der Waals surface area contributed by atoms with Crippen molar-refractivity contribution in [3.05, 3.63) is 94.5 Å². The molecule has 1 heterocycles. The van der Waals surface area contributed by atoms with Crippen molar-refractivity contribution in [1.82, 2.24) is 15.6 Å². The first-order valence-corrected chi connectivity index (χ1v) is 12.9. The zero-order valence-electron chi connectivity index (χ0n) is 22.1. The quantitative estimate of drug-likeness (QED) is 0.180. The van der Waals surface area contributed by atoms with Gasteiger partial charge in [0.25, 0.3) is 0 Å². The minimum Gasteiger partial charge on any atom is -0.469 e. The highest BCUT2D eigenvalue weighted by atomic mass is 35.5. The van der Waals surface area contributed by atoms with Gasteiger partial charge in [-0.2, -0.15) is 17.6 Å². The Kier molecular flexibility index (Phi) is 11.1. The summed E-state index contributed by atoms with van der Waals surface area (Å²) < 4.78 is 76.8. The van der Waals surface area contributed by atoms with Gasteiger partial charge in [0, 0.05) is 31.6 Å². The number of benzene rings is 2. The van der Waals surface area contributed by atoms with Crippen LogP contribution < -0.4 is 15.4 Å². The Morgan fingerprint density at radius 1 is 1.10 bits per heavy atom. The molecule has 8 nitrogen and oxygen atoms in total. The number of rotatable bonds is 13. The third-order valence-corrected chi connectivity index (χ3v) is 6.31. The summed E-state index contributed by atoms with van der Waals surface area (Å²) in [5, 5.41) is 15.5. The van der Waals surface area contributed by atoms with Gasteiger partial charge >= 0.3 is 24.5 Å². The van der Waals surface area contributed by atoms with Crippen LogP contribution in [0.3, 0.4) is 0 Å². The molecule has 1 aromatic heterocycles. The van der Waals surface area contributed by atoms with Gasteiger partial charge in [0.1, 0.15) is 17.1 Å². The number of nitrogens with zero attached hydrogens (tertiary/aromatic N) is 1. The number of nitrogens with one attached hydrogen (secondary N) is 2. The maximum Gasteiger partial charge on any atom is 0.461 e. The third kappa shape index (κ3) is 8.76. The second kappa shape index (κ2) is 14.3. The summed E-state index contributed by atoms with van der Waals surface area (Å²) in [5.74, 6) is -2.61. The van der Waals surface area contributed by atoms with E-state index >= 15 is 0 Å². The number of esters is 1. The molecule has 3 aromatic rings. The monoisotopic (exact) mass is 615 g/mol. The molecule has 2 aromatic carbocycles. The predicted molar refractivity (Wildman–Crippen MR) is 142 cm³/mol. The largest absolute Gasteiger partial charge is 0.469 e. The Morgan fingerprint density at radius 3 is 2.43 bits per heavy atom. The molecule has 226 valence electrons. The van der Waals surface area contributed by atoms with Crippen molar-refractivity contribution in [2.45, 2.75) is 43.4 Å². The number of carbonyl (C=O) groups excluding carboxylic acids is 2. The van der Waals surface area contributed by atoms with E-state index in [9.17, 15) is 36.6 Å². The Bertz CT molecular complexity index is 1350. The van der Waals surface area contributed by atoms with Gasteiger partial charge < -0.3 is 25.2 Å². The van der Waals surface area contributed by atoms with E-state index in [1.165, 1.54) is 25.4 Å². The molecule has 0 aliphatic carbocycles. The lowest BCUT2D eigenvalue weighted by Crippen LogP contribution is -2.53. The summed E-state index contributed by atoms with van der Waals surface area (Å²) in [4.78, 5) is 28.9. The van der Waals surface area contributed by atoms with Crippen LogP contribution in [0.4, 0.5) is 26.7 Å². The molecule has 42 heavy (non-hydrogen) atoms. The molecule has 0 spiro atoms. The molecule has 3 N–H and O–H groups in total. The minimum atomic E-state index is -4.93. The number of hydrogen-bond donors (Lipinski definition) is 3. The number of carbonyl (C=O) groups is 2. The van der Waals surface area contributed by atoms with Crippen molar-refractivity contribution in [3.8, 4) is 5.75 Å². The Hall–Kier alpha value is -3.97. The molecule has 0 aliphatic rings. The van der Waals surface area contributed by atoms with E-state index in [4.69, 9.17) is 11.6 Å². The van der Waals surface area contributed by atoms with Crippen molar-refractivity contribution < 1.29 is 46.1 Å². The van der Waals surface area contributed by atoms with Crippen molar-refractivity contribution in [2.75, 3.05) is 13.7 Å². The molecule has 1 unspecified atom stereocenters. The number of pyridine rings is 1. The van der Waals surface area contributed by atoms with Gasteiger partial charge in [-0.3, -0.25) is 9.78 Å². The van der Waals surface area contributed by atoms with Gasteiger partial charge in [0.05, 0.1) is 23.9 Å². The third-order valence-electron chi connectivity index (χ3n) is 6.08. The van der Waals surface area contributed by atoms with Crippen molar-refractivity contribution in [2.24, 2.45) is 0 Å². The van der Waals surface area contributed by atoms with Crippen LogP contribution >= 0.6 is 11.6 Å². The van der Waals surface area contributed by atoms with E-state index in [2.05, 4.69) is 25.1 Å². The number of aromatic nitrogens is 1. The minimum absolute atomic E-state index is 0.0240. The fourth-order valence-electron chi connectivity index (χ4n) is 4.06. The topological polar surface area (TPSA) is 110 Å². The summed E-state index contributed by atoms with van der Waals surface area (Å²) in [6, 6.07) is 12.7. The van der Waals surface area contributed by atoms with Gasteiger partial charge in [-0.25, -0.2) is 9.18 Å². The van der Waals surface area contributed by atoms with Crippen LogP contribution in [0.15, 0.2) is 66.9 Å². The van der Waals surface area contributed by atoms with Crippen LogP contribution in [-0.2, 0) is 21.5 Å². The molecule has 0 saturated carbocycles. The van der Waals surface area contributed by atoms with Gasteiger partial charge in [-0.15, -0.1) is 0 Å². The standard InChI is InChI=1S/C28H27ClF5N3O5/c1-41-24(39)10-8-21(38)16-36-26(40)37-27(14-17-5-3-2-4-6-17,23-9-7-19(29)15-35-23)18-11-20(30)13-22(12-18)42-28(33,34)25(31)32/h2-7,9,11-13,15,21,25,38H,8,10,14,16H2,1H3,(H2,36,37,40)/t21?,27-/m0/s1. The Balaban J connectivity index is 2.08. The molecule has 2 atom stereocenters. The number of aliphatic hydroxyl groups is 1. The molecule has 3 rings (SSSR count). The van der Waals surface area contributed by atoms with Crippen molar-refractivity contribution in [3.63, 3.8) is 0 Å². The zero-order valence-corrected chi connectivity index (χ0v) is 22.9. The van der Waals surface area contributed by atoms with Crippen LogP contribution in [0.1, 0.15) is 29.7 Å². The lowest BCUT2D eigenvalue weighted by Gasteiger charge is -2.36. The zero-order chi connectivity index (χ0) is 30.9. The maximum atomic E-state index is 14.9. The normalized spacial score (nSPS) is 13.6. The number of halogens is 6. The van der Waals surface area contributed by atoms with E-state index in [-0.39, 0.29) is 42.1 Å². The number of methoxy groups -OCH3 is 1. The highest BCUT2D eigenvalue weighted by Gasteiger charge is 2.45. The van der Waals surface area contributed by atoms with Crippen LogP contribution in [-0.4, -0.2) is 54.4 Å². The molecular formula is C28H27ClF5N3O5. The molecule has 2 amide bonds. The van der Waals surface area contributed by atoms with Gasteiger partial charge in [0.15, 0.2) is 0 Å². The lowest BCUT2D eigenvalue weighted by molar-refractivity contribution is -0.253. The molecular weight excluding hydrogens is 589 g/mol. The second-order valence-electron chi connectivity index (χ2n) is 9.17. The molecule has 0 fully saturated rings. The van der Waals surface area contributed by atoms with Crippen molar-refractivity contribution in [1.29, 1.82) is 0 Å². The molecule has 0 radical (unpaired) electrons. The highest BCUT2D eigenvalue weighted by molar-refractivity contribution is 6.30. The first kappa shape index (κ1) is 32.5. The molecule has 0 bridgehead atoms. The smallest absolute Gasteiger partial charge is 0.461 e. The number of hydrogen-bond acceptors (Lipinski definition) is 6. The number of ether oxygens (including phenoxy) is 2. The number of urea groups is 1. The maximum absolute atomic E-state index is 14.9. The number of amides is 2. The summed E-state index contributed by atoms with van der Waals surface area (Å²) in [6.45, 7) is -0.309. The van der Waals surface area contributed by atoms with Gasteiger partial charge in [0.2, 0.25) is 0 Å². The van der Waals surface area contributed by atoms with E-state index in [0.717, 1.165) is 12.1 Å². The summed E-state index contributed by atoms with van der Waals surface area (Å²) >= 11 is 6.02. The molecule has 0 saturated heterocycles. The highest BCUT2D eigenvalue weighted by Crippen LogP contribution is 2.37. The van der Waals surface area contributed by atoms with Gasteiger partial charge in [-0.1, -0.05) is 41.9 Å². The van der Waals surface area contributed by atoms with E-state index < -0.39 is 47.7 Å².